The van der Waals surface area contributed by atoms with Gasteiger partial charge in [-0.2, -0.15) is 0 Å². The molecule has 0 fully saturated rings. The van der Waals surface area contributed by atoms with Crippen molar-refractivity contribution in [3.63, 3.8) is 0 Å². The minimum absolute atomic E-state index is 0.903. The van der Waals surface area contributed by atoms with Crippen molar-refractivity contribution in [2.45, 2.75) is 33.1 Å². The SMILES string of the molecule is CCc1c(Br)c(Cl)c2c(c1CC)-c1ccccc1C2. The average molecular weight is 336 g/mol. The predicted molar refractivity (Wildman–Crippen MR) is 86.2 cm³/mol. The molecule has 0 amide bonds. The normalized spacial score (nSPS) is 12.4. The van der Waals surface area contributed by atoms with E-state index in [0.717, 1.165) is 28.8 Å². The van der Waals surface area contributed by atoms with Crippen molar-refractivity contribution in [3.8, 4) is 11.1 Å². The van der Waals surface area contributed by atoms with Gasteiger partial charge in [0.2, 0.25) is 0 Å². The van der Waals surface area contributed by atoms with Crippen LogP contribution in [0.4, 0.5) is 0 Å². The Morgan fingerprint density at radius 3 is 2.47 bits per heavy atom. The summed E-state index contributed by atoms with van der Waals surface area (Å²) >= 11 is 10.3. The van der Waals surface area contributed by atoms with E-state index in [-0.39, 0.29) is 0 Å². The standard InChI is InChI=1S/C17H16BrCl/c1-3-11-12(4-2)16(18)17(19)14-9-10-7-5-6-8-13(10)15(11)14/h5-8H,3-4,9H2,1-2H3. The number of fused-ring (bicyclic) bond motifs is 3. The summed E-state index contributed by atoms with van der Waals surface area (Å²) in [6.45, 7) is 4.43. The summed E-state index contributed by atoms with van der Waals surface area (Å²) in [5.41, 5.74) is 8.28. The summed E-state index contributed by atoms with van der Waals surface area (Å²) in [6, 6.07) is 8.67. The summed E-state index contributed by atoms with van der Waals surface area (Å²) < 4.78 is 1.10. The predicted octanol–water partition coefficient (Wildman–Crippen LogP) is 5.80. The second kappa shape index (κ2) is 4.96. The Labute approximate surface area is 127 Å². The van der Waals surface area contributed by atoms with Crippen molar-refractivity contribution in [2.24, 2.45) is 0 Å². The van der Waals surface area contributed by atoms with Gasteiger partial charge in [0.1, 0.15) is 0 Å². The van der Waals surface area contributed by atoms with Crippen molar-refractivity contribution in [1.29, 1.82) is 0 Å². The average Bonchev–Trinajstić information content (AvgIpc) is 2.82. The fourth-order valence-corrected chi connectivity index (χ4v) is 4.23. The van der Waals surface area contributed by atoms with Crippen LogP contribution < -0.4 is 0 Å². The summed E-state index contributed by atoms with van der Waals surface area (Å²) in [4.78, 5) is 0. The Morgan fingerprint density at radius 1 is 1.11 bits per heavy atom. The molecule has 0 saturated heterocycles. The first-order chi connectivity index (χ1) is 9.19. The van der Waals surface area contributed by atoms with Gasteiger partial charge in [0.05, 0.1) is 5.02 Å². The fourth-order valence-electron chi connectivity index (χ4n) is 3.20. The molecule has 0 radical (unpaired) electrons. The molecule has 19 heavy (non-hydrogen) atoms. The van der Waals surface area contributed by atoms with Gasteiger partial charge in [0.25, 0.3) is 0 Å². The van der Waals surface area contributed by atoms with Gasteiger partial charge in [-0.3, -0.25) is 0 Å². The van der Waals surface area contributed by atoms with E-state index >= 15 is 0 Å². The first-order valence-corrected chi connectivity index (χ1v) is 7.95. The molecule has 0 spiro atoms. The Kier molecular flexibility index (Phi) is 3.44. The molecule has 2 aromatic rings. The van der Waals surface area contributed by atoms with Gasteiger partial charge in [-0.25, -0.2) is 0 Å². The van der Waals surface area contributed by atoms with E-state index in [0.29, 0.717) is 0 Å². The highest BCUT2D eigenvalue weighted by Gasteiger charge is 2.27. The highest BCUT2D eigenvalue weighted by atomic mass is 79.9. The zero-order chi connectivity index (χ0) is 13.6. The largest absolute Gasteiger partial charge is 0.0828 e. The lowest BCUT2D eigenvalue weighted by Crippen LogP contribution is -1.99. The van der Waals surface area contributed by atoms with E-state index in [2.05, 4.69) is 54.0 Å². The molecule has 2 aromatic carbocycles. The smallest absolute Gasteiger partial charge is 0.0592 e. The van der Waals surface area contributed by atoms with Gasteiger partial charge in [-0.15, -0.1) is 0 Å². The molecule has 0 N–H and O–H groups in total. The monoisotopic (exact) mass is 334 g/mol. The maximum absolute atomic E-state index is 6.59. The van der Waals surface area contributed by atoms with Crippen molar-refractivity contribution in [1.82, 2.24) is 0 Å². The first-order valence-electron chi connectivity index (χ1n) is 6.78. The molecule has 0 aromatic heterocycles. The zero-order valence-corrected chi connectivity index (χ0v) is 13.5. The summed E-state index contributed by atoms with van der Waals surface area (Å²) in [5, 5.41) is 0.903. The van der Waals surface area contributed by atoms with E-state index in [1.807, 2.05) is 0 Å². The Bertz CT molecular complexity index is 659. The van der Waals surface area contributed by atoms with E-state index in [1.54, 1.807) is 0 Å². The van der Waals surface area contributed by atoms with Gasteiger partial charge >= 0.3 is 0 Å². The van der Waals surface area contributed by atoms with Gasteiger partial charge in [0, 0.05) is 10.9 Å². The van der Waals surface area contributed by atoms with Crippen molar-refractivity contribution < 1.29 is 0 Å². The molecule has 0 heterocycles. The summed E-state index contributed by atoms with van der Waals surface area (Å²) in [7, 11) is 0. The minimum Gasteiger partial charge on any atom is -0.0828 e. The van der Waals surface area contributed by atoms with Gasteiger partial charge in [0.15, 0.2) is 0 Å². The van der Waals surface area contributed by atoms with Gasteiger partial charge in [-0.05, 0) is 62.2 Å². The van der Waals surface area contributed by atoms with Crippen LogP contribution >= 0.6 is 27.5 Å². The lowest BCUT2D eigenvalue weighted by molar-refractivity contribution is 1.03. The van der Waals surface area contributed by atoms with Crippen molar-refractivity contribution in [3.05, 3.63) is 56.0 Å². The van der Waals surface area contributed by atoms with Crippen LogP contribution in [-0.4, -0.2) is 0 Å². The third-order valence-corrected chi connectivity index (χ3v) is 5.57. The lowest BCUT2D eigenvalue weighted by Gasteiger charge is -2.17. The number of hydrogen-bond donors (Lipinski definition) is 0. The van der Waals surface area contributed by atoms with Gasteiger partial charge in [-0.1, -0.05) is 49.7 Å². The molecule has 0 nitrogen and oxygen atoms in total. The highest BCUT2D eigenvalue weighted by molar-refractivity contribution is 9.10. The van der Waals surface area contributed by atoms with Gasteiger partial charge < -0.3 is 0 Å². The molecule has 0 saturated carbocycles. The Hall–Kier alpha value is -0.790. The molecule has 3 rings (SSSR count). The molecule has 0 bridgehead atoms. The third kappa shape index (κ3) is 1.86. The lowest BCUT2D eigenvalue weighted by atomic mass is 9.92. The maximum Gasteiger partial charge on any atom is 0.0592 e. The van der Waals surface area contributed by atoms with Crippen molar-refractivity contribution in [2.75, 3.05) is 0 Å². The molecule has 98 valence electrons. The topological polar surface area (TPSA) is 0 Å². The number of benzene rings is 2. The summed E-state index contributed by atoms with van der Waals surface area (Å²) in [6.07, 6.45) is 3.02. The van der Waals surface area contributed by atoms with Crippen LogP contribution in [0, 0.1) is 0 Å². The quantitative estimate of drug-likeness (QED) is 0.555. The van der Waals surface area contributed by atoms with E-state index < -0.39 is 0 Å². The van der Waals surface area contributed by atoms with Crippen LogP contribution in [0.25, 0.3) is 11.1 Å². The molecule has 1 aliphatic rings. The number of hydrogen-bond acceptors (Lipinski definition) is 0. The molecular weight excluding hydrogens is 320 g/mol. The molecule has 1 aliphatic carbocycles. The van der Waals surface area contributed by atoms with E-state index in [1.165, 1.54) is 33.4 Å². The fraction of sp³-hybridized carbons (Fsp3) is 0.294. The Balaban J connectivity index is 2.40. The zero-order valence-electron chi connectivity index (χ0n) is 11.2. The second-order valence-corrected chi connectivity index (χ2v) is 6.15. The van der Waals surface area contributed by atoms with Crippen LogP contribution in [0.1, 0.15) is 36.1 Å². The van der Waals surface area contributed by atoms with Crippen LogP contribution in [0.5, 0.6) is 0 Å². The molecule has 2 heteroatoms. The minimum atomic E-state index is 0.903. The van der Waals surface area contributed by atoms with E-state index in [4.69, 9.17) is 11.6 Å². The van der Waals surface area contributed by atoms with Crippen LogP contribution in [-0.2, 0) is 19.3 Å². The molecule has 0 atom stereocenters. The van der Waals surface area contributed by atoms with Crippen LogP contribution in [0.3, 0.4) is 0 Å². The summed E-state index contributed by atoms with van der Waals surface area (Å²) in [5.74, 6) is 0. The van der Waals surface area contributed by atoms with Crippen LogP contribution in [0.15, 0.2) is 28.7 Å². The van der Waals surface area contributed by atoms with Crippen LogP contribution in [0.2, 0.25) is 5.02 Å². The third-order valence-electron chi connectivity index (χ3n) is 4.05. The number of rotatable bonds is 2. The molecule has 0 aliphatic heterocycles. The number of halogens is 2. The second-order valence-electron chi connectivity index (χ2n) is 4.98. The first kappa shape index (κ1) is 13.2. The van der Waals surface area contributed by atoms with E-state index in [9.17, 15) is 0 Å². The Morgan fingerprint density at radius 2 is 1.79 bits per heavy atom. The molecular formula is C17H16BrCl. The highest BCUT2D eigenvalue weighted by Crippen LogP contribution is 2.47. The van der Waals surface area contributed by atoms with Crippen molar-refractivity contribution >= 4 is 27.5 Å². The maximum atomic E-state index is 6.59. The molecule has 0 unspecified atom stereocenters.